The second-order valence-electron chi connectivity index (χ2n) is 3.61. The number of carbonyl (C=O) groups excluding carboxylic acids is 2. The summed E-state index contributed by atoms with van der Waals surface area (Å²) in [6.45, 7) is 3.86. The number of amides is 2. The van der Waals surface area contributed by atoms with Gasteiger partial charge in [0.15, 0.2) is 0 Å². The Morgan fingerprint density at radius 2 is 1.94 bits per heavy atom. The third-order valence-corrected chi connectivity index (χ3v) is 2.90. The highest BCUT2D eigenvalue weighted by molar-refractivity contribution is 9.10. The molecule has 0 aliphatic carbocycles. The van der Waals surface area contributed by atoms with E-state index in [2.05, 4.69) is 21.2 Å². The fourth-order valence-electron chi connectivity index (χ4n) is 1.46. The number of para-hydroxylation sites is 1. The van der Waals surface area contributed by atoms with E-state index in [1.165, 1.54) is 13.8 Å². The fourth-order valence-corrected chi connectivity index (χ4v) is 1.96. The summed E-state index contributed by atoms with van der Waals surface area (Å²) in [5.41, 5.74) is 0.811. The van der Waals surface area contributed by atoms with Crippen LogP contribution in [0.2, 0.25) is 0 Å². The van der Waals surface area contributed by atoms with Crippen molar-refractivity contribution in [2.75, 3.05) is 18.0 Å². The number of nitrogens with one attached hydrogen (secondary N) is 1. The Bertz CT molecular complexity index is 421. The SMILES string of the molecule is CC(=O)NCCN(C(C)=O)c1ccccc1Br. The molecule has 0 aliphatic rings. The van der Waals surface area contributed by atoms with Gasteiger partial charge in [0.2, 0.25) is 11.8 Å². The molecular formula is C12H15BrN2O2. The molecule has 2 amide bonds. The lowest BCUT2D eigenvalue weighted by atomic mass is 10.3. The molecule has 1 rings (SSSR count). The maximum Gasteiger partial charge on any atom is 0.223 e. The van der Waals surface area contributed by atoms with Gasteiger partial charge in [0, 0.05) is 31.4 Å². The second kappa shape index (κ2) is 6.39. The van der Waals surface area contributed by atoms with Gasteiger partial charge in [0.05, 0.1) is 5.69 Å². The molecule has 0 aliphatic heterocycles. The lowest BCUT2D eigenvalue weighted by molar-refractivity contribution is -0.119. The molecule has 92 valence electrons. The van der Waals surface area contributed by atoms with Gasteiger partial charge in [-0.2, -0.15) is 0 Å². The highest BCUT2D eigenvalue weighted by Gasteiger charge is 2.13. The Morgan fingerprint density at radius 1 is 1.29 bits per heavy atom. The van der Waals surface area contributed by atoms with Crippen LogP contribution < -0.4 is 10.2 Å². The van der Waals surface area contributed by atoms with Crippen molar-refractivity contribution in [2.45, 2.75) is 13.8 Å². The van der Waals surface area contributed by atoms with Crippen LogP contribution in [0, 0.1) is 0 Å². The first kappa shape index (κ1) is 13.7. The molecule has 4 nitrogen and oxygen atoms in total. The van der Waals surface area contributed by atoms with Crippen LogP contribution in [0.4, 0.5) is 5.69 Å². The van der Waals surface area contributed by atoms with Gasteiger partial charge in [0.1, 0.15) is 0 Å². The first-order chi connectivity index (χ1) is 8.02. The Morgan fingerprint density at radius 3 is 2.47 bits per heavy atom. The van der Waals surface area contributed by atoms with Crippen molar-refractivity contribution < 1.29 is 9.59 Å². The number of hydrogen-bond acceptors (Lipinski definition) is 2. The van der Waals surface area contributed by atoms with Gasteiger partial charge >= 0.3 is 0 Å². The zero-order valence-electron chi connectivity index (χ0n) is 9.87. The maximum atomic E-state index is 11.6. The minimum absolute atomic E-state index is 0.0535. The zero-order chi connectivity index (χ0) is 12.8. The Hall–Kier alpha value is -1.36. The van der Waals surface area contributed by atoms with Crippen molar-refractivity contribution in [3.63, 3.8) is 0 Å². The summed E-state index contributed by atoms with van der Waals surface area (Å²) < 4.78 is 0.859. The summed E-state index contributed by atoms with van der Waals surface area (Å²) in [5, 5.41) is 2.67. The van der Waals surface area contributed by atoms with Gasteiger partial charge in [-0.25, -0.2) is 0 Å². The molecule has 17 heavy (non-hydrogen) atoms. The van der Waals surface area contributed by atoms with Crippen LogP contribution in [0.25, 0.3) is 0 Å². The molecule has 0 atom stereocenters. The van der Waals surface area contributed by atoms with Crippen LogP contribution in [0.3, 0.4) is 0 Å². The van der Waals surface area contributed by atoms with Gasteiger partial charge in [-0.15, -0.1) is 0 Å². The Balaban J connectivity index is 2.76. The lowest BCUT2D eigenvalue weighted by Gasteiger charge is -2.22. The summed E-state index contributed by atoms with van der Waals surface area (Å²) in [6, 6.07) is 7.50. The fraction of sp³-hybridized carbons (Fsp3) is 0.333. The summed E-state index contributed by atoms with van der Waals surface area (Å²) >= 11 is 3.40. The highest BCUT2D eigenvalue weighted by atomic mass is 79.9. The summed E-state index contributed by atoms with van der Waals surface area (Å²) in [5.74, 6) is -0.150. The van der Waals surface area contributed by atoms with Crippen LogP contribution in [0.1, 0.15) is 13.8 Å². The highest BCUT2D eigenvalue weighted by Crippen LogP contribution is 2.25. The van der Waals surface area contributed by atoms with Crippen LogP contribution >= 0.6 is 15.9 Å². The van der Waals surface area contributed by atoms with Crippen molar-refractivity contribution in [1.29, 1.82) is 0 Å². The number of nitrogens with zero attached hydrogens (tertiary/aromatic N) is 1. The van der Waals surface area contributed by atoms with Gasteiger partial charge in [-0.05, 0) is 28.1 Å². The van der Waals surface area contributed by atoms with Crippen molar-refractivity contribution >= 4 is 33.4 Å². The normalized spacial score (nSPS) is 9.82. The van der Waals surface area contributed by atoms with E-state index in [0.29, 0.717) is 13.1 Å². The van der Waals surface area contributed by atoms with E-state index in [-0.39, 0.29) is 11.8 Å². The van der Waals surface area contributed by atoms with E-state index < -0.39 is 0 Å². The van der Waals surface area contributed by atoms with E-state index in [0.717, 1.165) is 10.2 Å². The number of carbonyl (C=O) groups is 2. The lowest BCUT2D eigenvalue weighted by Crippen LogP contribution is -2.37. The molecule has 1 N–H and O–H groups in total. The molecule has 0 bridgehead atoms. The Labute approximate surface area is 109 Å². The van der Waals surface area contributed by atoms with Crippen molar-refractivity contribution in [1.82, 2.24) is 5.32 Å². The molecule has 0 aromatic heterocycles. The van der Waals surface area contributed by atoms with Crippen LogP contribution in [-0.2, 0) is 9.59 Å². The molecule has 0 radical (unpaired) electrons. The monoisotopic (exact) mass is 298 g/mol. The van der Waals surface area contributed by atoms with Gasteiger partial charge in [0.25, 0.3) is 0 Å². The van der Waals surface area contributed by atoms with Crippen LogP contribution in [-0.4, -0.2) is 24.9 Å². The quantitative estimate of drug-likeness (QED) is 0.923. The number of hydrogen-bond donors (Lipinski definition) is 1. The van der Waals surface area contributed by atoms with Crippen molar-refractivity contribution in [3.05, 3.63) is 28.7 Å². The molecular weight excluding hydrogens is 284 g/mol. The first-order valence-electron chi connectivity index (χ1n) is 5.29. The maximum absolute atomic E-state index is 11.6. The number of benzene rings is 1. The van der Waals surface area contributed by atoms with E-state index in [1.54, 1.807) is 4.90 Å². The molecule has 0 heterocycles. The molecule has 0 spiro atoms. The molecule has 0 saturated carbocycles. The Kier molecular flexibility index (Phi) is 5.15. The summed E-state index contributed by atoms with van der Waals surface area (Å²) in [4.78, 5) is 24.0. The van der Waals surface area contributed by atoms with Crippen molar-refractivity contribution in [3.8, 4) is 0 Å². The molecule has 0 saturated heterocycles. The third kappa shape index (κ3) is 4.19. The van der Waals surface area contributed by atoms with Crippen molar-refractivity contribution in [2.24, 2.45) is 0 Å². The largest absolute Gasteiger partial charge is 0.355 e. The number of anilines is 1. The molecule has 1 aromatic rings. The minimum atomic E-state index is -0.0966. The van der Waals surface area contributed by atoms with E-state index in [9.17, 15) is 9.59 Å². The molecule has 0 unspecified atom stereocenters. The molecule has 0 fully saturated rings. The number of rotatable bonds is 4. The second-order valence-corrected chi connectivity index (χ2v) is 4.46. The summed E-state index contributed by atoms with van der Waals surface area (Å²) in [6.07, 6.45) is 0. The van der Waals surface area contributed by atoms with Gasteiger partial charge in [-0.3, -0.25) is 9.59 Å². The zero-order valence-corrected chi connectivity index (χ0v) is 11.5. The number of halogens is 1. The van der Waals surface area contributed by atoms with Gasteiger partial charge in [-0.1, -0.05) is 12.1 Å². The van der Waals surface area contributed by atoms with Crippen LogP contribution in [0.15, 0.2) is 28.7 Å². The topological polar surface area (TPSA) is 49.4 Å². The van der Waals surface area contributed by atoms with E-state index in [1.807, 2.05) is 24.3 Å². The third-order valence-electron chi connectivity index (χ3n) is 2.23. The predicted octanol–water partition coefficient (Wildman–Crippen LogP) is 1.94. The standard InChI is InChI=1S/C12H15BrN2O2/c1-9(16)14-7-8-15(10(2)17)12-6-4-3-5-11(12)13/h3-6H,7-8H2,1-2H3,(H,14,16). The average Bonchev–Trinajstić information content (AvgIpc) is 2.25. The minimum Gasteiger partial charge on any atom is -0.355 e. The van der Waals surface area contributed by atoms with E-state index >= 15 is 0 Å². The smallest absolute Gasteiger partial charge is 0.223 e. The van der Waals surface area contributed by atoms with Gasteiger partial charge < -0.3 is 10.2 Å². The average molecular weight is 299 g/mol. The first-order valence-corrected chi connectivity index (χ1v) is 6.08. The predicted molar refractivity (Wildman–Crippen MR) is 70.9 cm³/mol. The molecule has 5 heteroatoms. The van der Waals surface area contributed by atoms with E-state index in [4.69, 9.17) is 0 Å². The molecule has 1 aromatic carbocycles. The van der Waals surface area contributed by atoms with Crippen LogP contribution in [0.5, 0.6) is 0 Å². The summed E-state index contributed by atoms with van der Waals surface area (Å²) in [7, 11) is 0.